The molecule has 68 valence electrons. The Bertz CT molecular complexity index is 318. The number of rotatable bonds is 1. The third-order valence-electron chi connectivity index (χ3n) is 1.81. The number of hydrogen-bond acceptors (Lipinski definition) is 2. The Labute approximate surface area is 75.6 Å². The first kappa shape index (κ1) is 8.26. The summed E-state index contributed by atoms with van der Waals surface area (Å²) in [4.78, 5) is 0. The van der Waals surface area contributed by atoms with Crippen LogP contribution in [0.3, 0.4) is 0 Å². The minimum atomic E-state index is -0.423. The van der Waals surface area contributed by atoms with Crippen molar-refractivity contribution in [1.82, 2.24) is 0 Å². The molecule has 1 aromatic rings. The Morgan fingerprint density at radius 1 is 1.31 bits per heavy atom. The largest absolute Gasteiger partial charge is 0.463 e. The molecular weight excluding hydrogens is 171 g/mol. The molecule has 0 amide bonds. The smallest absolute Gasteiger partial charge is 0.226 e. The summed E-state index contributed by atoms with van der Waals surface area (Å²) in [5.74, 6) is 0.342. The number of halogens is 1. The highest BCUT2D eigenvalue weighted by Gasteiger charge is 2.21. The van der Waals surface area contributed by atoms with Crippen molar-refractivity contribution in [3.05, 3.63) is 48.0 Å². The van der Waals surface area contributed by atoms with Crippen molar-refractivity contribution >= 4 is 0 Å². The first-order valence-corrected chi connectivity index (χ1v) is 3.97. The van der Waals surface area contributed by atoms with Gasteiger partial charge in [-0.2, -0.15) is 0 Å². The van der Waals surface area contributed by atoms with Crippen LogP contribution in [-0.2, 0) is 9.47 Å². The zero-order valence-corrected chi connectivity index (χ0v) is 7.00. The molecule has 0 bridgehead atoms. The summed E-state index contributed by atoms with van der Waals surface area (Å²) >= 11 is 0. The molecule has 1 aliphatic rings. The van der Waals surface area contributed by atoms with Crippen molar-refractivity contribution in [2.24, 2.45) is 0 Å². The Balaban J connectivity index is 2.17. The lowest BCUT2D eigenvalue weighted by atomic mass is 10.2. The number of ether oxygens (including phenoxy) is 2. The van der Waals surface area contributed by atoms with Crippen LogP contribution in [0.15, 0.2) is 36.6 Å². The second-order valence-corrected chi connectivity index (χ2v) is 2.85. The third-order valence-corrected chi connectivity index (χ3v) is 1.81. The lowest BCUT2D eigenvalue weighted by Gasteiger charge is -2.08. The van der Waals surface area contributed by atoms with Gasteiger partial charge in [-0.1, -0.05) is 6.58 Å². The molecule has 13 heavy (non-hydrogen) atoms. The molecule has 1 heterocycles. The van der Waals surface area contributed by atoms with Gasteiger partial charge < -0.3 is 9.47 Å². The molecule has 1 atom stereocenters. The molecule has 3 heteroatoms. The van der Waals surface area contributed by atoms with Gasteiger partial charge in [-0.25, -0.2) is 4.39 Å². The Hall–Kier alpha value is -1.35. The maximum atomic E-state index is 12.6. The van der Waals surface area contributed by atoms with E-state index in [2.05, 4.69) is 6.58 Å². The van der Waals surface area contributed by atoms with E-state index in [1.165, 1.54) is 12.1 Å². The van der Waals surface area contributed by atoms with Crippen LogP contribution in [0.4, 0.5) is 4.39 Å². The molecule has 2 nitrogen and oxygen atoms in total. The predicted octanol–water partition coefficient (Wildman–Crippen LogP) is 2.38. The van der Waals surface area contributed by atoms with Crippen molar-refractivity contribution in [2.75, 3.05) is 6.61 Å². The molecule has 0 N–H and O–H groups in total. The predicted molar refractivity (Wildman–Crippen MR) is 45.3 cm³/mol. The molecule has 1 unspecified atom stereocenters. The van der Waals surface area contributed by atoms with Crippen molar-refractivity contribution in [3.8, 4) is 0 Å². The summed E-state index contributed by atoms with van der Waals surface area (Å²) in [6, 6.07) is 6.03. The summed E-state index contributed by atoms with van der Waals surface area (Å²) in [5, 5.41) is 0. The van der Waals surface area contributed by atoms with Gasteiger partial charge in [0.1, 0.15) is 18.2 Å². The second-order valence-electron chi connectivity index (χ2n) is 2.85. The quantitative estimate of drug-likeness (QED) is 0.660. The molecule has 2 rings (SSSR count). The van der Waals surface area contributed by atoms with Gasteiger partial charge in [0.25, 0.3) is 0 Å². The summed E-state index contributed by atoms with van der Waals surface area (Å²) in [5.41, 5.74) is 0.806. The van der Waals surface area contributed by atoms with Gasteiger partial charge >= 0.3 is 0 Å². The molecule has 0 spiro atoms. The van der Waals surface area contributed by atoms with E-state index in [0.717, 1.165) is 5.56 Å². The number of benzene rings is 1. The van der Waals surface area contributed by atoms with Crippen LogP contribution in [0.5, 0.6) is 0 Å². The van der Waals surface area contributed by atoms with E-state index in [9.17, 15) is 4.39 Å². The minimum absolute atomic E-state index is 0.263. The second kappa shape index (κ2) is 3.18. The first-order chi connectivity index (χ1) is 6.25. The lowest BCUT2D eigenvalue weighted by Crippen LogP contribution is -1.97. The molecule has 1 fully saturated rings. The lowest BCUT2D eigenvalue weighted by molar-refractivity contribution is -0.0339. The average Bonchev–Trinajstić information content (AvgIpc) is 2.53. The van der Waals surface area contributed by atoms with E-state index in [4.69, 9.17) is 9.47 Å². The Morgan fingerprint density at radius 2 is 2.00 bits per heavy atom. The maximum absolute atomic E-state index is 12.6. The van der Waals surface area contributed by atoms with E-state index in [-0.39, 0.29) is 5.82 Å². The minimum Gasteiger partial charge on any atom is -0.463 e. The maximum Gasteiger partial charge on any atom is 0.226 e. The fraction of sp³-hybridized carbons (Fsp3) is 0.200. The van der Waals surface area contributed by atoms with E-state index in [1.54, 1.807) is 12.1 Å². The number of hydrogen-bond donors (Lipinski definition) is 0. The first-order valence-electron chi connectivity index (χ1n) is 3.97. The summed E-state index contributed by atoms with van der Waals surface area (Å²) in [6.45, 7) is 4.03. The zero-order chi connectivity index (χ0) is 9.26. The van der Waals surface area contributed by atoms with Crippen molar-refractivity contribution in [3.63, 3.8) is 0 Å². The monoisotopic (exact) mass is 180 g/mol. The van der Waals surface area contributed by atoms with Crippen LogP contribution in [0.1, 0.15) is 11.9 Å². The van der Waals surface area contributed by atoms with Gasteiger partial charge in [-0.3, -0.25) is 0 Å². The molecule has 0 radical (unpaired) electrons. The Morgan fingerprint density at radius 3 is 2.54 bits per heavy atom. The van der Waals surface area contributed by atoms with Crippen LogP contribution < -0.4 is 0 Å². The van der Waals surface area contributed by atoms with Crippen molar-refractivity contribution < 1.29 is 13.9 Å². The SMILES string of the molecule is C=C1COC(c2ccc(F)cc2)O1. The van der Waals surface area contributed by atoms with Gasteiger partial charge in [0.15, 0.2) is 0 Å². The van der Waals surface area contributed by atoms with E-state index in [1.807, 2.05) is 0 Å². The van der Waals surface area contributed by atoms with Gasteiger partial charge in [0, 0.05) is 5.56 Å². The zero-order valence-electron chi connectivity index (χ0n) is 7.00. The highest BCUT2D eigenvalue weighted by atomic mass is 19.1. The van der Waals surface area contributed by atoms with Crippen molar-refractivity contribution in [1.29, 1.82) is 0 Å². The van der Waals surface area contributed by atoms with Gasteiger partial charge in [-0.05, 0) is 24.3 Å². The summed E-state index contributed by atoms with van der Waals surface area (Å²) < 4.78 is 23.0. The van der Waals surface area contributed by atoms with Crippen LogP contribution in [0.2, 0.25) is 0 Å². The molecule has 1 aliphatic heterocycles. The molecule has 0 aliphatic carbocycles. The van der Waals surface area contributed by atoms with Gasteiger partial charge in [-0.15, -0.1) is 0 Å². The fourth-order valence-corrected chi connectivity index (χ4v) is 1.17. The van der Waals surface area contributed by atoms with E-state index < -0.39 is 6.29 Å². The molecule has 0 aromatic heterocycles. The highest BCUT2D eigenvalue weighted by molar-refractivity contribution is 5.18. The summed E-state index contributed by atoms with van der Waals surface area (Å²) in [7, 11) is 0. The van der Waals surface area contributed by atoms with Crippen LogP contribution in [0.25, 0.3) is 0 Å². The van der Waals surface area contributed by atoms with Crippen LogP contribution in [-0.4, -0.2) is 6.61 Å². The van der Waals surface area contributed by atoms with Gasteiger partial charge in [0.05, 0.1) is 0 Å². The molecule has 1 saturated heterocycles. The summed E-state index contributed by atoms with van der Waals surface area (Å²) in [6.07, 6.45) is -0.423. The Kier molecular flexibility index (Phi) is 2.02. The van der Waals surface area contributed by atoms with E-state index in [0.29, 0.717) is 12.4 Å². The van der Waals surface area contributed by atoms with Crippen LogP contribution >= 0.6 is 0 Å². The molecular formula is C10H9FO2. The van der Waals surface area contributed by atoms with Crippen molar-refractivity contribution in [2.45, 2.75) is 6.29 Å². The third kappa shape index (κ3) is 1.70. The van der Waals surface area contributed by atoms with Gasteiger partial charge in [0.2, 0.25) is 6.29 Å². The van der Waals surface area contributed by atoms with Crippen LogP contribution in [0, 0.1) is 5.82 Å². The standard InChI is InChI=1S/C10H9FO2/c1-7-6-12-10(13-7)8-2-4-9(11)5-3-8/h2-5,10H,1,6H2. The van der Waals surface area contributed by atoms with E-state index >= 15 is 0 Å². The normalized spacial score (nSPS) is 21.6. The topological polar surface area (TPSA) is 18.5 Å². The average molecular weight is 180 g/mol. The molecule has 0 saturated carbocycles. The fourth-order valence-electron chi connectivity index (χ4n) is 1.17. The molecule has 1 aromatic carbocycles. The highest BCUT2D eigenvalue weighted by Crippen LogP contribution is 2.27.